The van der Waals surface area contributed by atoms with Crippen LogP contribution in [0.1, 0.15) is 29.8 Å². The highest BCUT2D eigenvalue weighted by Crippen LogP contribution is 2.20. The first-order valence-electron chi connectivity index (χ1n) is 8.60. The standard InChI is InChI=1S/C21H20N2O4/c1-13(21(26)18-12-22-19-6-4-3-5-17(18)19)27-20(25)11-15-7-9-16(10-8-15)23-14(2)24/h3-10,12-13,22H,11H2,1-2H3,(H,23,24). The zero-order chi connectivity index (χ0) is 19.4. The third kappa shape index (κ3) is 4.41. The van der Waals surface area contributed by atoms with Crippen LogP contribution < -0.4 is 5.32 Å². The Labute approximate surface area is 156 Å². The Morgan fingerprint density at radius 3 is 2.48 bits per heavy atom. The molecule has 0 radical (unpaired) electrons. The number of hydrogen-bond acceptors (Lipinski definition) is 4. The maximum Gasteiger partial charge on any atom is 0.310 e. The predicted octanol–water partition coefficient (Wildman–Crippen LogP) is 3.48. The molecular weight excluding hydrogens is 344 g/mol. The molecule has 0 saturated carbocycles. The van der Waals surface area contributed by atoms with E-state index in [2.05, 4.69) is 10.3 Å². The lowest BCUT2D eigenvalue weighted by Crippen LogP contribution is -2.25. The summed E-state index contributed by atoms with van der Waals surface area (Å²) in [4.78, 5) is 38.9. The summed E-state index contributed by atoms with van der Waals surface area (Å²) in [6.07, 6.45) is 0.805. The Morgan fingerprint density at radius 1 is 1.07 bits per heavy atom. The van der Waals surface area contributed by atoms with Crippen LogP contribution in [0.5, 0.6) is 0 Å². The first-order chi connectivity index (χ1) is 12.9. The number of esters is 1. The summed E-state index contributed by atoms with van der Waals surface area (Å²) < 4.78 is 5.31. The van der Waals surface area contributed by atoms with Crippen molar-refractivity contribution in [2.75, 3.05) is 5.32 Å². The molecule has 27 heavy (non-hydrogen) atoms. The SMILES string of the molecule is CC(=O)Nc1ccc(CC(=O)OC(C)C(=O)c2c[nH]c3ccccc23)cc1. The van der Waals surface area contributed by atoms with E-state index in [1.807, 2.05) is 24.3 Å². The van der Waals surface area contributed by atoms with Crippen LogP contribution in [-0.2, 0) is 20.7 Å². The van der Waals surface area contributed by atoms with Crippen molar-refractivity contribution < 1.29 is 19.1 Å². The number of nitrogens with one attached hydrogen (secondary N) is 2. The van der Waals surface area contributed by atoms with Gasteiger partial charge in [0.2, 0.25) is 11.7 Å². The Kier molecular flexibility index (Phi) is 5.35. The van der Waals surface area contributed by atoms with Gasteiger partial charge in [-0.2, -0.15) is 0 Å². The molecule has 0 saturated heterocycles. The van der Waals surface area contributed by atoms with Gasteiger partial charge in [0.15, 0.2) is 6.10 Å². The molecule has 138 valence electrons. The molecule has 1 aromatic heterocycles. The molecule has 0 aliphatic rings. The lowest BCUT2D eigenvalue weighted by atomic mass is 10.1. The number of carbonyl (C=O) groups is 3. The van der Waals surface area contributed by atoms with Crippen LogP contribution in [0.2, 0.25) is 0 Å². The lowest BCUT2D eigenvalue weighted by Gasteiger charge is -2.12. The fourth-order valence-electron chi connectivity index (χ4n) is 2.86. The van der Waals surface area contributed by atoms with Gasteiger partial charge in [-0.15, -0.1) is 0 Å². The molecule has 0 bridgehead atoms. The van der Waals surface area contributed by atoms with E-state index >= 15 is 0 Å². The van der Waals surface area contributed by atoms with E-state index in [0.717, 1.165) is 16.5 Å². The molecule has 1 atom stereocenters. The maximum atomic E-state index is 12.6. The minimum absolute atomic E-state index is 0.0475. The Balaban J connectivity index is 1.61. The summed E-state index contributed by atoms with van der Waals surface area (Å²) in [5, 5.41) is 3.46. The number of benzene rings is 2. The molecule has 2 aromatic carbocycles. The molecule has 6 heteroatoms. The van der Waals surface area contributed by atoms with E-state index in [1.54, 1.807) is 37.4 Å². The molecule has 6 nitrogen and oxygen atoms in total. The number of ketones is 1. The number of rotatable bonds is 6. The fourth-order valence-corrected chi connectivity index (χ4v) is 2.86. The number of H-pyrrole nitrogens is 1. The number of Topliss-reactive ketones (excluding diaryl/α,β-unsaturated/α-hetero) is 1. The number of amides is 1. The average Bonchev–Trinajstić information content (AvgIpc) is 3.06. The third-order valence-electron chi connectivity index (χ3n) is 4.15. The highest BCUT2D eigenvalue weighted by molar-refractivity contribution is 6.10. The topological polar surface area (TPSA) is 88.3 Å². The van der Waals surface area contributed by atoms with Crippen LogP contribution in [0.15, 0.2) is 54.7 Å². The fraction of sp³-hybridized carbons (Fsp3) is 0.190. The van der Waals surface area contributed by atoms with Crippen LogP contribution in [0.3, 0.4) is 0 Å². The number of aromatic amines is 1. The Bertz CT molecular complexity index is 989. The van der Waals surface area contributed by atoms with Gasteiger partial charge in [-0.3, -0.25) is 14.4 Å². The molecule has 0 aliphatic carbocycles. The first kappa shape index (κ1) is 18.4. The van der Waals surface area contributed by atoms with Gasteiger partial charge in [0.05, 0.1) is 6.42 Å². The van der Waals surface area contributed by atoms with E-state index in [0.29, 0.717) is 11.3 Å². The zero-order valence-corrected chi connectivity index (χ0v) is 15.1. The summed E-state index contributed by atoms with van der Waals surface area (Å²) in [7, 11) is 0. The second-order valence-electron chi connectivity index (χ2n) is 6.30. The zero-order valence-electron chi connectivity index (χ0n) is 15.1. The van der Waals surface area contributed by atoms with Crippen LogP contribution in [0.4, 0.5) is 5.69 Å². The molecule has 1 heterocycles. The molecule has 1 unspecified atom stereocenters. The maximum absolute atomic E-state index is 12.6. The highest BCUT2D eigenvalue weighted by atomic mass is 16.5. The van der Waals surface area contributed by atoms with Gasteiger partial charge in [0, 0.05) is 35.3 Å². The summed E-state index contributed by atoms with van der Waals surface area (Å²) in [5.74, 6) is -0.892. The molecule has 0 spiro atoms. The average molecular weight is 364 g/mol. The number of aromatic nitrogens is 1. The molecular formula is C21H20N2O4. The van der Waals surface area contributed by atoms with Crippen molar-refractivity contribution in [3.63, 3.8) is 0 Å². The first-order valence-corrected chi connectivity index (χ1v) is 8.60. The van der Waals surface area contributed by atoms with Crippen molar-refractivity contribution in [1.29, 1.82) is 0 Å². The molecule has 3 aromatic rings. The van der Waals surface area contributed by atoms with E-state index in [4.69, 9.17) is 4.74 Å². The van der Waals surface area contributed by atoms with Gasteiger partial charge >= 0.3 is 5.97 Å². The van der Waals surface area contributed by atoms with Crippen molar-refractivity contribution in [2.45, 2.75) is 26.4 Å². The number of ether oxygens (including phenoxy) is 1. The van der Waals surface area contributed by atoms with E-state index in [1.165, 1.54) is 6.92 Å². The Morgan fingerprint density at radius 2 is 1.78 bits per heavy atom. The monoisotopic (exact) mass is 364 g/mol. The van der Waals surface area contributed by atoms with Gasteiger partial charge in [0.1, 0.15) is 0 Å². The number of fused-ring (bicyclic) bond motifs is 1. The number of carbonyl (C=O) groups excluding carboxylic acids is 3. The van der Waals surface area contributed by atoms with Crippen molar-refractivity contribution in [1.82, 2.24) is 4.98 Å². The van der Waals surface area contributed by atoms with Gasteiger partial charge in [-0.25, -0.2) is 0 Å². The van der Waals surface area contributed by atoms with Gasteiger partial charge in [-0.05, 0) is 30.7 Å². The molecule has 3 rings (SSSR count). The van der Waals surface area contributed by atoms with Crippen LogP contribution in [0, 0.1) is 0 Å². The van der Waals surface area contributed by atoms with Crippen LogP contribution in [-0.4, -0.2) is 28.7 Å². The van der Waals surface area contributed by atoms with E-state index in [9.17, 15) is 14.4 Å². The normalized spacial score (nSPS) is 11.8. The summed E-state index contributed by atoms with van der Waals surface area (Å²) in [6, 6.07) is 14.4. The van der Waals surface area contributed by atoms with Gasteiger partial charge in [0.25, 0.3) is 0 Å². The molecule has 0 fully saturated rings. The summed E-state index contributed by atoms with van der Waals surface area (Å²) in [6.45, 7) is 3.00. The number of hydrogen-bond donors (Lipinski definition) is 2. The van der Waals surface area contributed by atoms with Gasteiger partial charge < -0.3 is 15.0 Å². The quantitative estimate of drug-likeness (QED) is 0.518. The number of anilines is 1. The largest absolute Gasteiger partial charge is 0.454 e. The molecule has 2 N–H and O–H groups in total. The minimum Gasteiger partial charge on any atom is -0.454 e. The third-order valence-corrected chi connectivity index (χ3v) is 4.15. The van der Waals surface area contributed by atoms with Crippen molar-refractivity contribution >= 4 is 34.3 Å². The van der Waals surface area contributed by atoms with Crippen LogP contribution in [0.25, 0.3) is 10.9 Å². The second-order valence-corrected chi connectivity index (χ2v) is 6.30. The van der Waals surface area contributed by atoms with Crippen molar-refractivity contribution in [3.8, 4) is 0 Å². The number of para-hydroxylation sites is 1. The smallest absolute Gasteiger partial charge is 0.310 e. The van der Waals surface area contributed by atoms with Crippen LogP contribution >= 0.6 is 0 Å². The summed E-state index contributed by atoms with van der Waals surface area (Å²) in [5.41, 5.74) is 2.76. The molecule has 1 amide bonds. The van der Waals surface area contributed by atoms with E-state index < -0.39 is 12.1 Å². The second kappa shape index (κ2) is 7.86. The Hall–Kier alpha value is -3.41. The van der Waals surface area contributed by atoms with E-state index in [-0.39, 0.29) is 18.1 Å². The summed E-state index contributed by atoms with van der Waals surface area (Å²) >= 11 is 0. The minimum atomic E-state index is -0.879. The predicted molar refractivity (Wildman–Crippen MR) is 103 cm³/mol. The van der Waals surface area contributed by atoms with Gasteiger partial charge in [-0.1, -0.05) is 30.3 Å². The van der Waals surface area contributed by atoms with Crippen molar-refractivity contribution in [3.05, 3.63) is 65.9 Å². The highest BCUT2D eigenvalue weighted by Gasteiger charge is 2.22. The lowest BCUT2D eigenvalue weighted by molar-refractivity contribution is -0.145. The molecule has 0 aliphatic heterocycles. The van der Waals surface area contributed by atoms with Crippen molar-refractivity contribution in [2.24, 2.45) is 0 Å².